The van der Waals surface area contributed by atoms with E-state index in [1.807, 2.05) is 6.07 Å². The molecule has 0 atom stereocenters. The van der Waals surface area contributed by atoms with Crippen LogP contribution in [-0.2, 0) is 11.3 Å². The average molecular weight is 281 g/mol. The van der Waals surface area contributed by atoms with Crippen LogP contribution in [-0.4, -0.2) is 5.91 Å². The number of hydrogen-bond acceptors (Lipinski definition) is 3. The average Bonchev–Trinajstić information content (AvgIpc) is 2.79. The van der Waals surface area contributed by atoms with Crippen molar-refractivity contribution >= 4 is 5.91 Å². The number of carbonyl (C=O) groups excluding carboxylic acids is 1. The predicted octanol–water partition coefficient (Wildman–Crippen LogP) is 3.04. The van der Waals surface area contributed by atoms with Crippen molar-refractivity contribution in [2.45, 2.75) is 45.1 Å². The van der Waals surface area contributed by atoms with Crippen LogP contribution < -0.4 is 5.32 Å². The van der Waals surface area contributed by atoms with E-state index in [9.17, 15) is 10.1 Å². The Morgan fingerprint density at radius 2 is 1.90 bits per heavy atom. The fourth-order valence-corrected chi connectivity index (χ4v) is 2.82. The van der Waals surface area contributed by atoms with Gasteiger partial charge in [0, 0.05) is 6.54 Å². The van der Waals surface area contributed by atoms with Crippen molar-refractivity contribution in [3.8, 4) is 12.1 Å². The summed E-state index contributed by atoms with van der Waals surface area (Å²) < 4.78 is 0. The lowest BCUT2D eigenvalue weighted by atomic mass is 9.81. The van der Waals surface area contributed by atoms with Crippen LogP contribution in [0, 0.1) is 28.1 Å². The standard InChI is InChI=1S/C17H19N3O/c18-11-14-6-5-7-15(10-14)12-20-16(21)17(13-19)8-3-1-2-4-9-17/h5-7,10H,1-4,8-9,12H2,(H,20,21). The third-order valence-electron chi connectivity index (χ3n) is 4.11. The molecule has 1 aromatic carbocycles. The molecule has 0 bridgehead atoms. The van der Waals surface area contributed by atoms with E-state index >= 15 is 0 Å². The maximum atomic E-state index is 12.4. The smallest absolute Gasteiger partial charge is 0.240 e. The van der Waals surface area contributed by atoms with Crippen LogP contribution in [0.4, 0.5) is 0 Å². The van der Waals surface area contributed by atoms with Gasteiger partial charge in [-0.2, -0.15) is 10.5 Å². The number of nitrogens with one attached hydrogen (secondary N) is 1. The van der Waals surface area contributed by atoms with Crippen LogP contribution in [0.15, 0.2) is 24.3 Å². The number of carbonyl (C=O) groups is 1. The van der Waals surface area contributed by atoms with Crippen molar-refractivity contribution in [3.63, 3.8) is 0 Å². The van der Waals surface area contributed by atoms with Gasteiger partial charge in [-0.05, 0) is 30.5 Å². The lowest BCUT2D eigenvalue weighted by Gasteiger charge is -2.23. The van der Waals surface area contributed by atoms with E-state index in [0.29, 0.717) is 24.9 Å². The molecule has 1 fully saturated rings. The lowest BCUT2D eigenvalue weighted by Crippen LogP contribution is -2.39. The molecule has 0 aliphatic heterocycles. The van der Waals surface area contributed by atoms with Crippen LogP contribution in [0.2, 0.25) is 0 Å². The first-order chi connectivity index (χ1) is 10.2. The fraction of sp³-hybridized carbons (Fsp3) is 0.471. The summed E-state index contributed by atoms with van der Waals surface area (Å²) in [6, 6.07) is 11.5. The summed E-state index contributed by atoms with van der Waals surface area (Å²) in [5.41, 5.74) is 0.582. The van der Waals surface area contributed by atoms with Gasteiger partial charge in [0.25, 0.3) is 0 Å². The molecule has 1 N–H and O–H groups in total. The molecule has 108 valence electrons. The van der Waals surface area contributed by atoms with E-state index in [-0.39, 0.29) is 5.91 Å². The Bertz CT molecular complexity index is 587. The van der Waals surface area contributed by atoms with Crippen LogP contribution in [0.3, 0.4) is 0 Å². The molecule has 2 rings (SSSR count). The molecule has 0 unspecified atom stereocenters. The zero-order valence-corrected chi connectivity index (χ0v) is 12.1. The first-order valence-electron chi connectivity index (χ1n) is 7.39. The van der Waals surface area contributed by atoms with Crippen molar-refractivity contribution in [3.05, 3.63) is 35.4 Å². The van der Waals surface area contributed by atoms with Gasteiger partial charge in [0.15, 0.2) is 0 Å². The summed E-state index contributed by atoms with van der Waals surface area (Å²) in [4.78, 5) is 12.4. The second kappa shape index (κ2) is 6.90. The number of rotatable bonds is 3. The molecule has 4 heteroatoms. The molecule has 0 heterocycles. The van der Waals surface area contributed by atoms with Crippen LogP contribution >= 0.6 is 0 Å². The molecule has 4 nitrogen and oxygen atoms in total. The highest BCUT2D eigenvalue weighted by Crippen LogP contribution is 2.34. The summed E-state index contributed by atoms with van der Waals surface area (Å²) >= 11 is 0. The molecular weight excluding hydrogens is 262 g/mol. The zero-order valence-electron chi connectivity index (χ0n) is 12.1. The van der Waals surface area contributed by atoms with Gasteiger partial charge in [0.2, 0.25) is 5.91 Å². The molecule has 1 aliphatic carbocycles. The monoisotopic (exact) mass is 281 g/mol. The quantitative estimate of drug-likeness (QED) is 0.865. The van der Waals surface area contributed by atoms with E-state index in [2.05, 4.69) is 17.5 Å². The summed E-state index contributed by atoms with van der Waals surface area (Å²) in [7, 11) is 0. The van der Waals surface area contributed by atoms with Crippen molar-refractivity contribution in [1.29, 1.82) is 10.5 Å². The summed E-state index contributed by atoms with van der Waals surface area (Å²) in [5, 5.41) is 21.2. The fourth-order valence-electron chi connectivity index (χ4n) is 2.82. The normalized spacial score (nSPS) is 17.0. The molecule has 0 radical (unpaired) electrons. The Hall–Kier alpha value is -2.33. The number of nitriles is 2. The van der Waals surface area contributed by atoms with Crippen molar-refractivity contribution in [1.82, 2.24) is 5.32 Å². The molecule has 1 aromatic rings. The molecule has 1 aliphatic rings. The minimum absolute atomic E-state index is 0.172. The number of nitrogens with zero attached hydrogens (tertiary/aromatic N) is 2. The molecule has 1 amide bonds. The third-order valence-corrected chi connectivity index (χ3v) is 4.11. The van der Waals surface area contributed by atoms with E-state index < -0.39 is 5.41 Å². The first-order valence-corrected chi connectivity index (χ1v) is 7.39. The minimum Gasteiger partial charge on any atom is -0.351 e. The maximum absolute atomic E-state index is 12.4. The third kappa shape index (κ3) is 3.61. The van der Waals surface area contributed by atoms with E-state index in [1.165, 1.54) is 0 Å². The van der Waals surface area contributed by atoms with Crippen molar-refractivity contribution in [2.24, 2.45) is 5.41 Å². The van der Waals surface area contributed by atoms with Gasteiger partial charge < -0.3 is 5.32 Å². The number of hydrogen-bond donors (Lipinski definition) is 1. The van der Waals surface area contributed by atoms with E-state index in [1.54, 1.807) is 18.2 Å². The highest BCUT2D eigenvalue weighted by Gasteiger charge is 2.38. The summed E-state index contributed by atoms with van der Waals surface area (Å²) in [5.74, 6) is -0.172. The molecule has 21 heavy (non-hydrogen) atoms. The number of benzene rings is 1. The van der Waals surface area contributed by atoms with Gasteiger partial charge in [0.05, 0.1) is 17.7 Å². The van der Waals surface area contributed by atoms with Crippen LogP contribution in [0.25, 0.3) is 0 Å². The second-order valence-corrected chi connectivity index (χ2v) is 5.60. The first kappa shape index (κ1) is 15.1. The highest BCUT2D eigenvalue weighted by molar-refractivity contribution is 5.85. The van der Waals surface area contributed by atoms with Gasteiger partial charge in [-0.1, -0.05) is 37.8 Å². The molecular formula is C17H19N3O. The lowest BCUT2D eigenvalue weighted by molar-refractivity contribution is -0.129. The van der Waals surface area contributed by atoms with Gasteiger partial charge >= 0.3 is 0 Å². The Morgan fingerprint density at radius 3 is 2.52 bits per heavy atom. The topological polar surface area (TPSA) is 76.7 Å². The van der Waals surface area contributed by atoms with Gasteiger partial charge in [0.1, 0.15) is 5.41 Å². The summed E-state index contributed by atoms with van der Waals surface area (Å²) in [6.07, 6.45) is 5.36. The van der Waals surface area contributed by atoms with Crippen molar-refractivity contribution < 1.29 is 4.79 Å². The Labute approximate surface area is 125 Å². The van der Waals surface area contributed by atoms with Crippen molar-refractivity contribution in [2.75, 3.05) is 0 Å². The molecule has 1 saturated carbocycles. The summed E-state index contributed by atoms with van der Waals surface area (Å²) in [6.45, 7) is 0.359. The Morgan fingerprint density at radius 1 is 1.19 bits per heavy atom. The Kier molecular flexibility index (Phi) is 4.95. The van der Waals surface area contributed by atoms with Crippen LogP contribution in [0.5, 0.6) is 0 Å². The maximum Gasteiger partial charge on any atom is 0.240 e. The Balaban J connectivity index is 2.03. The second-order valence-electron chi connectivity index (χ2n) is 5.60. The highest BCUT2D eigenvalue weighted by atomic mass is 16.2. The SMILES string of the molecule is N#Cc1cccc(CNC(=O)C2(C#N)CCCCCC2)c1. The van der Waals surface area contributed by atoms with E-state index in [4.69, 9.17) is 5.26 Å². The van der Waals surface area contributed by atoms with E-state index in [0.717, 1.165) is 31.2 Å². The molecule has 0 saturated heterocycles. The van der Waals surface area contributed by atoms with Gasteiger partial charge in [-0.25, -0.2) is 0 Å². The zero-order chi connectivity index (χ0) is 15.1. The minimum atomic E-state index is -0.872. The largest absolute Gasteiger partial charge is 0.351 e. The van der Waals surface area contributed by atoms with Gasteiger partial charge in [-0.3, -0.25) is 4.79 Å². The molecule has 0 aromatic heterocycles. The molecule has 0 spiro atoms. The number of amides is 1. The van der Waals surface area contributed by atoms with Crippen LogP contribution in [0.1, 0.15) is 49.7 Å². The van der Waals surface area contributed by atoms with Gasteiger partial charge in [-0.15, -0.1) is 0 Å². The predicted molar refractivity (Wildman–Crippen MR) is 78.8 cm³/mol.